The second-order valence-electron chi connectivity index (χ2n) is 5.67. The maximum Gasteiger partial charge on any atom is 0.0621 e. The zero-order chi connectivity index (χ0) is 10.1. The monoisotopic (exact) mass is 185 g/mol. The van der Waals surface area contributed by atoms with Crippen LogP contribution in [0.1, 0.15) is 53.4 Å². The Bertz CT molecular complexity index is 159. The van der Waals surface area contributed by atoms with Crippen LogP contribution in [0.25, 0.3) is 0 Å². The smallest absolute Gasteiger partial charge is 0.0621 e. The van der Waals surface area contributed by atoms with Gasteiger partial charge in [-0.05, 0) is 53.4 Å². The zero-order valence-corrected chi connectivity index (χ0v) is 9.35. The van der Waals surface area contributed by atoms with Gasteiger partial charge in [0.05, 0.1) is 5.60 Å². The summed E-state index contributed by atoms with van der Waals surface area (Å²) < 4.78 is 0. The molecule has 1 rings (SSSR count). The molecule has 1 aliphatic rings. The summed E-state index contributed by atoms with van der Waals surface area (Å²) >= 11 is 0. The highest BCUT2D eigenvalue weighted by Gasteiger charge is 2.29. The molecule has 0 saturated heterocycles. The van der Waals surface area contributed by atoms with Crippen LogP contribution >= 0.6 is 0 Å². The number of aliphatic hydroxyl groups is 1. The molecular weight excluding hydrogens is 162 g/mol. The molecule has 0 spiro atoms. The van der Waals surface area contributed by atoms with Gasteiger partial charge in [0.25, 0.3) is 0 Å². The van der Waals surface area contributed by atoms with Gasteiger partial charge >= 0.3 is 0 Å². The van der Waals surface area contributed by atoms with Gasteiger partial charge in [0.2, 0.25) is 0 Å². The van der Waals surface area contributed by atoms with Gasteiger partial charge in [0.15, 0.2) is 0 Å². The van der Waals surface area contributed by atoms with E-state index in [2.05, 4.69) is 26.1 Å². The highest BCUT2D eigenvalue weighted by atomic mass is 16.3. The summed E-state index contributed by atoms with van der Waals surface area (Å²) in [7, 11) is 0. The standard InChI is InChI=1S/C11H23NO/c1-10(2,3)12-9-5-7-11(4,13)8-6-9/h9,12-13H,5-8H2,1-4H3/t9-,11+. The normalized spacial score (nSPS) is 36.2. The molecule has 1 saturated carbocycles. The van der Waals surface area contributed by atoms with Crippen molar-refractivity contribution < 1.29 is 5.11 Å². The lowest BCUT2D eigenvalue weighted by atomic mass is 9.83. The first-order valence-corrected chi connectivity index (χ1v) is 5.29. The first kappa shape index (κ1) is 11.0. The van der Waals surface area contributed by atoms with Crippen LogP contribution in [-0.4, -0.2) is 22.3 Å². The number of hydrogen-bond acceptors (Lipinski definition) is 2. The van der Waals surface area contributed by atoms with Crippen LogP contribution < -0.4 is 5.32 Å². The van der Waals surface area contributed by atoms with Crippen molar-refractivity contribution in [2.75, 3.05) is 0 Å². The SMILES string of the molecule is CC(C)(C)N[C@H]1CC[C@@](C)(O)CC1. The highest BCUT2D eigenvalue weighted by Crippen LogP contribution is 2.28. The van der Waals surface area contributed by atoms with Crippen molar-refractivity contribution in [2.45, 2.75) is 70.6 Å². The Morgan fingerprint density at radius 3 is 2.08 bits per heavy atom. The Morgan fingerprint density at radius 1 is 1.23 bits per heavy atom. The molecule has 0 atom stereocenters. The van der Waals surface area contributed by atoms with Crippen molar-refractivity contribution in [1.82, 2.24) is 5.32 Å². The minimum absolute atomic E-state index is 0.202. The molecule has 0 bridgehead atoms. The molecule has 0 heterocycles. The van der Waals surface area contributed by atoms with E-state index < -0.39 is 5.60 Å². The molecular formula is C11H23NO. The van der Waals surface area contributed by atoms with Gasteiger partial charge in [-0.15, -0.1) is 0 Å². The quantitative estimate of drug-likeness (QED) is 0.655. The average Bonchev–Trinajstić information content (AvgIpc) is 1.91. The largest absolute Gasteiger partial charge is 0.390 e. The molecule has 0 aromatic rings. The fourth-order valence-corrected chi connectivity index (χ4v) is 2.00. The summed E-state index contributed by atoms with van der Waals surface area (Å²) in [6, 6.07) is 0.597. The minimum atomic E-state index is -0.407. The molecule has 0 radical (unpaired) electrons. The summed E-state index contributed by atoms with van der Waals surface area (Å²) in [5.74, 6) is 0. The van der Waals surface area contributed by atoms with Gasteiger partial charge in [0, 0.05) is 11.6 Å². The Morgan fingerprint density at radius 2 is 1.69 bits per heavy atom. The number of nitrogens with one attached hydrogen (secondary N) is 1. The van der Waals surface area contributed by atoms with E-state index in [0.717, 1.165) is 25.7 Å². The zero-order valence-electron chi connectivity index (χ0n) is 9.35. The summed E-state index contributed by atoms with van der Waals surface area (Å²) in [6.07, 6.45) is 4.07. The first-order chi connectivity index (χ1) is 5.79. The molecule has 2 nitrogen and oxygen atoms in total. The average molecular weight is 185 g/mol. The van der Waals surface area contributed by atoms with Crippen molar-refractivity contribution in [3.63, 3.8) is 0 Å². The molecule has 0 aliphatic heterocycles. The lowest BCUT2D eigenvalue weighted by molar-refractivity contribution is 0.0115. The molecule has 0 unspecified atom stereocenters. The third-order valence-electron chi connectivity index (χ3n) is 2.70. The minimum Gasteiger partial charge on any atom is -0.390 e. The molecule has 0 amide bonds. The van der Waals surface area contributed by atoms with Crippen LogP contribution in [0.15, 0.2) is 0 Å². The lowest BCUT2D eigenvalue weighted by Gasteiger charge is -2.37. The van der Waals surface area contributed by atoms with E-state index in [0.29, 0.717) is 6.04 Å². The molecule has 0 aromatic carbocycles. The predicted molar refractivity (Wildman–Crippen MR) is 55.8 cm³/mol. The van der Waals surface area contributed by atoms with Crippen LogP contribution in [0.5, 0.6) is 0 Å². The van der Waals surface area contributed by atoms with Gasteiger partial charge in [-0.1, -0.05) is 0 Å². The van der Waals surface area contributed by atoms with Gasteiger partial charge in [-0.3, -0.25) is 0 Å². The molecule has 2 N–H and O–H groups in total. The lowest BCUT2D eigenvalue weighted by Crippen LogP contribution is -2.47. The Balaban J connectivity index is 2.34. The van der Waals surface area contributed by atoms with Crippen LogP contribution in [-0.2, 0) is 0 Å². The Hall–Kier alpha value is -0.0800. The third-order valence-corrected chi connectivity index (χ3v) is 2.70. The predicted octanol–water partition coefficient (Wildman–Crippen LogP) is 2.07. The van der Waals surface area contributed by atoms with Crippen LogP contribution in [0.4, 0.5) is 0 Å². The van der Waals surface area contributed by atoms with E-state index in [9.17, 15) is 5.11 Å². The van der Waals surface area contributed by atoms with E-state index in [4.69, 9.17) is 0 Å². The topological polar surface area (TPSA) is 32.3 Å². The maximum atomic E-state index is 9.76. The van der Waals surface area contributed by atoms with Crippen molar-refractivity contribution in [3.05, 3.63) is 0 Å². The third kappa shape index (κ3) is 4.10. The van der Waals surface area contributed by atoms with Gasteiger partial charge in [0.1, 0.15) is 0 Å². The van der Waals surface area contributed by atoms with E-state index in [1.807, 2.05) is 6.92 Å². The van der Waals surface area contributed by atoms with Crippen LogP contribution in [0, 0.1) is 0 Å². The van der Waals surface area contributed by atoms with E-state index in [1.54, 1.807) is 0 Å². The van der Waals surface area contributed by atoms with Crippen molar-refractivity contribution in [3.8, 4) is 0 Å². The fourth-order valence-electron chi connectivity index (χ4n) is 2.00. The summed E-state index contributed by atoms with van der Waals surface area (Å²) in [4.78, 5) is 0. The molecule has 1 aliphatic carbocycles. The van der Waals surface area contributed by atoms with Crippen molar-refractivity contribution in [1.29, 1.82) is 0 Å². The van der Waals surface area contributed by atoms with Crippen LogP contribution in [0.2, 0.25) is 0 Å². The summed E-state index contributed by atoms with van der Waals surface area (Å²) in [5.41, 5.74) is -0.204. The Kier molecular flexibility index (Phi) is 3.03. The molecule has 1 fully saturated rings. The van der Waals surface area contributed by atoms with Gasteiger partial charge in [-0.2, -0.15) is 0 Å². The fraction of sp³-hybridized carbons (Fsp3) is 1.00. The second kappa shape index (κ2) is 3.58. The highest BCUT2D eigenvalue weighted by molar-refractivity contribution is 4.87. The van der Waals surface area contributed by atoms with Crippen LogP contribution in [0.3, 0.4) is 0 Å². The van der Waals surface area contributed by atoms with E-state index >= 15 is 0 Å². The van der Waals surface area contributed by atoms with E-state index in [1.165, 1.54) is 0 Å². The van der Waals surface area contributed by atoms with Crippen molar-refractivity contribution in [2.24, 2.45) is 0 Å². The molecule has 2 heteroatoms. The first-order valence-electron chi connectivity index (χ1n) is 5.29. The second-order valence-corrected chi connectivity index (χ2v) is 5.67. The van der Waals surface area contributed by atoms with Gasteiger partial charge in [-0.25, -0.2) is 0 Å². The Labute approximate surface area is 81.7 Å². The summed E-state index contributed by atoms with van der Waals surface area (Å²) in [6.45, 7) is 8.53. The van der Waals surface area contributed by atoms with Crippen molar-refractivity contribution >= 4 is 0 Å². The molecule has 78 valence electrons. The molecule has 0 aromatic heterocycles. The van der Waals surface area contributed by atoms with E-state index in [-0.39, 0.29) is 5.54 Å². The number of rotatable bonds is 1. The molecule has 13 heavy (non-hydrogen) atoms. The maximum absolute atomic E-state index is 9.76. The summed E-state index contributed by atoms with van der Waals surface area (Å²) in [5, 5.41) is 13.3. The van der Waals surface area contributed by atoms with Gasteiger partial charge < -0.3 is 10.4 Å². The number of hydrogen-bond donors (Lipinski definition) is 2.